The van der Waals surface area contributed by atoms with Gasteiger partial charge in [0.05, 0.1) is 21.9 Å². The number of nitrogens with zero attached hydrogens (tertiary/aromatic N) is 1. The molecule has 0 amide bonds. The SMILES string of the molecule is CC(=CC(=O)c1ccccc1[N+](=O)[O-])Nc1ccccc1N. The average molecular weight is 297 g/mol. The molecule has 2 aromatic carbocycles. The standard InChI is InChI=1S/C16H15N3O3/c1-11(18-14-8-4-3-7-13(14)17)10-16(20)12-6-2-5-9-15(12)19(21)22/h2-10,18H,17H2,1H3. The van der Waals surface area contributed by atoms with Crippen LogP contribution >= 0.6 is 0 Å². The molecule has 6 nitrogen and oxygen atoms in total. The summed E-state index contributed by atoms with van der Waals surface area (Å²) in [6.45, 7) is 1.69. The molecule has 0 saturated heterocycles. The molecule has 112 valence electrons. The highest BCUT2D eigenvalue weighted by atomic mass is 16.6. The molecular weight excluding hydrogens is 282 g/mol. The number of hydrogen-bond acceptors (Lipinski definition) is 5. The van der Waals surface area contributed by atoms with E-state index in [1.54, 1.807) is 31.2 Å². The maximum absolute atomic E-state index is 12.2. The van der Waals surface area contributed by atoms with Gasteiger partial charge in [0.1, 0.15) is 0 Å². The number of ketones is 1. The van der Waals surface area contributed by atoms with Crippen LogP contribution in [-0.4, -0.2) is 10.7 Å². The van der Waals surface area contributed by atoms with Gasteiger partial charge in [0.25, 0.3) is 5.69 Å². The lowest BCUT2D eigenvalue weighted by atomic mass is 10.1. The van der Waals surface area contributed by atoms with Crippen LogP contribution in [0, 0.1) is 10.1 Å². The van der Waals surface area contributed by atoms with E-state index in [2.05, 4.69) is 5.32 Å². The number of benzene rings is 2. The molecule has 0 aliphatic heterocycles. The first-order valence-corrected chi connectivity index (χ1v) is 6.56. The number of anilines is 2. The van der Waals surface area contributed by atoms with E-state index < -0.39 is 10.7 Å². The fraction of sp³-hybridized carbons (Fsp3) is 0.0625. The predicted octanol–water partition coefficient (Wildman–Crippen LogP) is 3.38. The quantitative estimate of drug-likeness (QED) is 0.290. The van der Waals surface area contributed by atoms with Gasteiger partial charge in [-0.25, -0.2) is 0 Å². The fourth-order valence-electron chi connectivity index (χ4n) is 1.97. The summed E-state index contributed by atoms with van der Waals surface area (Å²) in [5.41, 5.74) is 7.41. The maximum atomic E-state index is 12.2. The van der Waals surface area contributed by atoms with Gasteiger partial charge in [-0.3, -0.25) is 14.9 Å². The van der Waals surface area contributed by atoms with Crippen molar-refractivity contribution >= 4 is 22.8 Å². The predicted molar refractivity (Wildman–Crippen MR) is 85.7 cm³/mol. The third-order valence-electron chi connectivity index (χ3n) is 3.01. The Morgan fingerprint density at radius 1 is 1.18 bits per heavy atom. The summed E-state index contributed by atoms with van der Waals surface area (Å²) in [5.74, 6) is -0.438. The Labute approximate surface area is 127 Å². The minimum absolute atomic E-state index is 0.0506. The van der Waals surface area contributed by atoms with Crippen LogP contribution in [0.1, 0.15) is 17.3 Å². The number of allylic oxidation sites excluding steroid dienone is 2. The average Bonchev–Trinajstić information content (AvgIpc) is 2.49. The second kappa shape index (κ2) is 6.53. The summed E-state index contributed by atoms with van der Waals surface area (Å²) in [6.07, 6.45) is 1.31. The second-order valence-corrected chi connectivity index (χ2v) is 4.68. The number of carbonyl (C=O) groups excluding carboxylic acids is 1. The molecule has 0 spiro atoms. The molecule has 0 radical (unpaired) electrons. The highest BCUT2D eigenvalue weighted by Gasteiger charge is 2.17. The summed E-state index contributed by atoms with van der Waals surface area (Å²) in [5, 5.41) is 14.0. The van der Waals surface area contributed by atoms with Gasteiger partial charge >= 0.3 is 0 Å². The number of nitrogens with one attached hydrogen (secondary N) is 1. The third-order valence-corrected chi connectivity index (χ3v) is 3.01. The smallest absolute Gasteiger partial charge is 0.280 e. The van der Waals surface area contributed by atoms with Crippen LogP contribution in [0.25, 0.3) is 0 Å². The van der Waals surface area contributed by atoms with E-state index in [1.165, 1.54) is 24.3 Å². The molecule has 22 heavy (non-hydrogen) atoms. The molecule has 6 heteroatoms. The largest absolute Gasteiger partial charge is 0.397 e. The number of carbonyl (C=O) groups is 1. The number of rotatable bonds is 5. The molecule has 0 aliphatic carbocycles. The van der Waals surface area contributed by atoms with Gasteiger partial charge in [-0.15, -0.1) is 0 Å². The van der Waals surface area contributed by atoms with Crippen LogP contribution in [0.2, 0.25) is 0 Å². The van der Waals surface area contributed by atoms with E-state index in [0.29, 0.717) is 17.1 Å². The zero-order chi connectivity index (χ0) is 16.1. The lowest BCUT2D eigenvalue weighted by Crippen LogP contribution is -2.05. The van der Waals surface area contributed by atoms with E-state index in [0.717, 1.165) is 0 Å². The Hall–Kier alpha value is -3.15. The zero-order valence-electron chi connectivity index (χ0n) is 11.9. The Bertz CT molecular complexity index is 754. The number of nitrogens with two attached hydrogens (primary N) is 1. The van der Waals surface area contributed by atoms with E-state index in [1.807, 2.05) is 6.07 Å². The molecule has 0 bridgehead atoms. The van der Waals surface area contributed by atoms with Crippen LogP contribution in [0.4, 0.5) is 17.1 Å². The molecular formula is C16H15N3O3. The molecule has 3 N–H and O–H groups in total. The van der Waals surface area contributed by atoms with Crippen molar-refractivity contribution in [1.29, 1.82) is 0 Å². The van der Waals surface area contributed by atoms with Gasteiger partial charge in [-0.05, 0) is 25.1 Å². The summed E-state index contributed by atoms with van der Waals surface area (Å²) < 4.78 is 0. The monoisotopic (exact) mass is 297 g/mol. The van der Waals surface area contributed by atoms with Gasteiger partial charge in [-0.2, -0.15) is 0 Å². The van der Waals surface area contributed by atoms with Crippen LogP contribution in [-0.2, 0) is 0 Å². The minimum atomic E-state index is -0.570. The number of nitro groups is 1. The number of hydrogen-bond donors (Lipinski definition) is 2. The van der Waals surface area contributed by atoms with E-state index >= 15 is 0 Å². The minimum Gasteiger partial charge on any atom is -0.397 e. The van der Waals surface area contributed by atoms with Gasteiger partial charge in [0.15, 0.2) is 5.78 Å². The Kier molecular flexibility index (Phi) is 4.53. The molecule has 2 rings (SSSR count). The normalized spacial score (nSPS) is 11.0. The molecule has 0 unspecified atom stereocenters. The second-order valence-electron chi connectivity index (χ2n) is 4.68. The highest BCUT2D eigenvalue weighted by molar-refractivity contribution is 6.07. The van der Waals surface area contributed by atoms with Gasteiger partial charge in [-0.1, -0.05) is 24.3 Å². The Morgan fingerprint density at radius 3 is 2.50 bits per heavy atom. The maximum Gasteiger partial charge on any atom is 0.280 e. The van der Waals surface area contributed by atoms with Crippen molar-refractivity contribution in [2.45, 2.75) is 6.92 Å². The zero-order valence-corrected chi connectivity index (χ0v) is 11.9. The topological polar surface area (TPSA) is 98.3 Å². The Morgan fingerprint density at radius 2 is 1.82 bits per heavy atom. The van der Waals surface area contributed by atoms with Crippen LogP contribution in [0.15, 0.2) is 60.3 Å². The van der Waals surface area contributed by atoms with Gasteiger partial charge < -0.3 is 11.1 Å². The van der Waals surface area contributed by atoms with Crippen molar-refractivity contribution in [3.05, 3.63) is 76.0 Å². The number of nitrogen functional groups attached to an aromatic ring is 1. The molecule has 0 heterocycles. The van der Waals surface area contributed by atoms with Crippen LogP contribution in [0.5, 0.6) is 0 Å². The first kappa shape index (κ1) is 15.2. The summed E-state index contributed by atoms with van der Waals surface area (Å²) >= 11 is 0. The van der Waals surface area contributed by atoms with E-state index in [-0.39, 0.29) is 11.3 Å². The molecule has 0 fully saturated rings. The lowest BCUT2D eigenvalue weighted by molar-refractivity contribution is -0.385. The number of para-hydroxylation sites is 3. The first-order chi connectivity index (χ1) is 10.5. The van der Waals surface area contributed by atoms with Crippen LogP contribution < -0.4 is 11.1 Å². The van der Waals surface area contributed by atoms with Gasteiger partial charge in [0, 0.05) is 17.8 Å². The van der Waals surface area contributed by atoms with Crippen molar-refractivity contribution in [3.63, 3.8) is 0 Å². The lowest BCUT2D eigenvalue weighted by Gasteiger charge is -2.09. The molecule has 0 saturated carbocycles. The van der Waals surface area contributed by atoms with Crippen molar-refractivity contribution in [2.75, 3.05) is 11.1 Å². The van der Waals surface area contributed by atoms with Gasteiger partial charge in [0.2, 0.25) is 0 Å². The summed E-state index contributed by atoms with van der Waals surface area (Å²) in [6, 6.07) is 13.0. The van der Waals surface area contributed by atoms with Crippen molar-refractivity contribution in [2.24, 2.45) is 0 Å². The van der Waals surface area contributed by atoms with Crippen molar-refractivity contribution in [3.8, 4) is 0 Å². The first-order valence-electron chi connectivity index (χ1n) is 6.56. The fourth-order valence-corrected chi connectivity index (χ4v) is 1.97. The molecule has 0 atom stereocenters. The van der Waals surface area contributed by atoms with Crippen molar-refractivity contribution in [1.82, 2.24) is 0 Å². The Balaban J connectivity index is 2.24. The molecule has 0 aliphatic rings. The molecule has 2 aromatic rings. The van der Waals surface area contributed by atoms with Crippen molar-refractivity contribution < 1.29 is 9.72 Å². The van der Waals surface area contributed by atoms with Crippen LogP contribution in [0.3, 0.4) is 0 Å². The summed E-state index contributed by atoms with van der Waals surface area (Å²) in [4.78, 5) is 22.6. The summed E-state index contributed by atoms with van der Waals surface area (Å²) in [7, 11) is 0. The third kappa shape index (κ3) is 3.49. The van der Waals surface area contributed by atoms with E-state index in [4.69, 9.17) is 5.73 Å². The van der Waals surface area contributed by atoms with E-state index in [9.17, 15) is 14.9 Å². The number of nitro benzene ring substituents is 1. The molecule has 0 aromatic heterocycles. The highest BCUT2D eigenvalue weighted by Crippen LogP contribution is 2.21.